The highest BCUT2D eigenvalue weighted by Gasteiger charge is 2.29. The lowest BCUT2D eigenvalue weighted by Gasteiger charge is -2.25. The quantitative estimate of drug-likeness (QED) is 0.612. The van der Waals surface area contributed by atoms with Crippen LogP contribution in [0.4, 0.5) is 4.39 Å². The van der Waals surface area contributed by atoms with Crippen molar-refractivity contribution in [3.63, 3.8) is 0 Å². The molecular weight excluding hydrogens is 347 g/mol. The highest BCUT2D eigenvalue weighted by atomic mass is 32.2. The van der Waals surface area contributed by atoms with E-state index in [0.717, 1.165) is 24.3 Å². The summed E-state index contributed by atoms with van der Waals surface area (Å²) >= 11 is 0. The monoisotopic (exact) mass is 374 g/mol. The summed E-state index contributed by atoms with van der Waals surface area (Å²) in [7, 11) is -3.97. The van der Waals surface area contributed by atoms with Gasteiger partial charge in [0.25, 0.3) is 0 Å². The summed E-state index contributed by atoms with van der Waals surface area (Å²) < 4.78 is 40.2. The lowest BCUT2D eigenvalue weighted by Crippen LogP contribution is -2.52. The van der Waals surface area contributed by atoms with Gasteiger partial charge in [0.05, 0.1) is 17.5 Å². The standard InChI is InChI=1S/C17H27FN2O4S/c1-11(2)9-14(10-21)19-17(22)16(12(3)4)20-25(23,24)15-7-5-13(18)6-8-15/h5-8,11-12,14,16,20-21H,9-10H2,1-4H3,(H,19,22)/t14-,16+/m0/s1. The fourth-order valence-electron chi connectivity index (χ4n) is 2.38. The van der Waals surface area contributed by atoms with Crippen molar-refractivity contribution in [1.82, 2.24) is 10.0 Å². The number of rotatable bonds is 9. The van der Waals surface area contributed by atoms with Gasteiger partial charge in [0.15, 0.2) is 0 Å². The third kappa shape index (κ3) is 6.72. The van der Waals surface area contributed by atoms with E-state index in [1.807, 2.05) is 13.8 Å². The van der Waals surface area contributed by atoms with Crippen LogP contribution in [0.3, 0.4) is 0 Å². The Morgan fingerprint density at radius 2 is 1.72 bits per heavy atom. The second kappa shape index (κ2) is 9.26. The lowest BCUT2D eigenvalue weighted by molar-refractivity contribution is -0.124. The van der Waals surface area contributed by atoms with Crippen LogP contribution in [0.25, 0.3) is 0 Å². The topological polar surface area (TPSA) is 95.5 Å². The molecule has 1 rings (SSSR count). The molecule has 6 nitrogen and oxygen atoms in total. The molecule has 0 fully saturated rings. The third-order valence-electron chi connectivity index (χ3n) is 3.68. The predicted octanol–water partition coefficient (Wildman–Crippen LogP) is 1.65. The molecule has 0 aliphatic rings. The summed E-state index contributed by atoms with van der Waals surface area (Å²) in [6.45, 7) is 7.14. The molecule has 0 saturated heterocycles. The average Bonchev–Trinajstić information content (AvgIpc) is 2.51. The minimum Gasteiger partial charge on any atom is -0.394 e. The zero-order valence-electron chi connectivity index (χ0n) is 15.0. The molecule has 3 N–H and O–H groups in total. The van der Waals surface area contributed by atoms with E-state index in [0.29, 0.717) is 6.42 Å². The number of aliphatic hydroxyl groups excluding tert-OH is 1. The Bertz CT molecular complexity index is 660. The van der Waals surface area contributed by atoms with Crippen molar-refractivity contribution >= 4 is 15.9 Å². The first-order valence-corrected chi connectivity index (χ1v) is 9.74. The number of carbonyl (C=O) groups is 1. The number of aliphatic hydroxyl groups is 1. The maximum absolute atomic E-state index is 13.0. The largest absolute Gasteiger partial charge is 0.394 e. The summed E-state index contributed by atoms with van der Waals surface area (Å²) in [4.78, 5) is 12.4. The van der Waals surface area contributed by atoms with Crippen LogP contribution in [-0.4, -0.2) is 38.1 Å². The van der Waals surface area contributed by atoms with Crippen molar-refractivity contribution in [1.29, 1.82) is 0 Å². The number of benzene rings is 1. The maximum Gasteiger partial charge on any atom is 0.241 e. The van der Waals surface area contributed by atoms with Crippen molar-refractivity contribution in [3.05, 3.63) is 30.1 Å². The Kier molecular flexibility index (Phi) is 7.98. The Balaban J connectivity index is 2.92. The van der Waals surface area contributed by atoms with E-state index in [1.54, 1.807) is 13.8 Å². The second-order valence-electron chi connectivity index (χ2n) is 6.81. The Hall–Kier alpha value is -1.51. The minimum atomic E-state index is -3.97. The zero-order valence-corrected chi connectivity index (χ0v) is 15.8. The van der Waals surface area contributed by atoms with Crippen LogP contribution in [0.15, 0.2) is 29.2 Å². The molecule has 1 amide bonds. The highest BCUT2D eigenvalue weighted by Crippen LogP contribution is 2.13. The predicted molar refractivity (Wildman–Crippen MR) is 93.8 cm³/mol. The molecule has 1 aromatic carbocycles. The molecule has 0 spiro atoms. The van der Waals surface area contributed by atoms with E-state index in [-0.39, 0.29) is 23.3 Å². The number of hydrogen-bond acceptors (Lipinski definition) is 4. The summed E-state index contributed by atoms with van der Waals surface area (Å²) in [5.41, 5.74) is 0. The summed E-state index contributed by atoms with van der Waals surface area (Å²) in [6.07, 6.45) is 0.581. The van der Waals surface area contributed by atoms with E-state index < -0.39 is 33.8 Å². The molecule has 0 bridgehead atoms. The number of nitrogens with one attached hydrogen (secondary N) is 2. The van der Waals surface area contributed by atoms with Gasteiger partial charge in [-0.1, -0.05) is 27.7 Å². The molecule has 0 saturated carbocycles. The van der Waals surface area contributed by atoms with Gasteiger partial charge in [0, 0.05) is 0 Å². The fourth-order valence-corrected chi connectivity index (χ4v) is 3.72. The van der Waals surface area contributed by atoms with Gasteiger partial charge in [-0.05, 0) is 42.5 Å². The first-order valence-electron chi connectivity index (χ1n) is 8.26. The van der Waals surface area contributed by atoms with Crippen LogP contribution in [0.5, 0.6) is 0 Å². The fraction of sp³-hybridized carbons (Fsp3) is 0.588. The summed E-state index contributed by atoms with van der Waals surface area (Å²) in [6, 6.07) is 2.93. The van der Waals surface area contributed by atoms with Crippen LogP contribution in [0, 0.1) is 17.7 Å². The van der Waals surface area contributed by atoms with Crippen LogP contribution >= 0.6 is 0 Å². The van der Waals surface area contributed by atoms with Crippen LogP contribution < -0.4 is 10.0 Å². The molecule has 0 aliphatic heterocycles. The van der Waals surface area contributed by atoms with Crippen molar-refractivity contribution in [2.45, 2.75) is 51.1 Å². The Morgan fingerprint density at radius 1 is 1.16 bits per heavy atom. The lowest BCUT2D eigenvalue weighted by atomic mass is 10.0. The Labute approximate surface area is 148 Å². The van der Waals surface area contributed by atoms with Crippen LogP contribution in [-0.2, 0) is 14.8 Å². The number of hydrogen-bond donors (Lipinski definition) is 3. The number of carbonyl (C=O) groups excluding carboxylic acids is 1. The molecule has 1 aromatic rings. The van der Waals surface area contributed by atoms with Gasteiger partial charge >= 0.3 is 0 Å². The number of halogens is 1. The Morgan fingerprint density at radius 3 is 2.16 bits per heavy atom. The van der Waals surface area contributed by atoms with Gasteiger partial charge in [-0.3, -0.25) is 4.79 Å². The average molecular weight is 374 g/mol. The maximum atomic E-state index is 13.0. The molecule has 8 heteroatoms. The SMILES string of the molecule is CC(C)C[C@@H](CO)NC(=O)[C@H](NS(=O)(=O)c1ccc(F)cc1)C(C)C. The first-order chi connectivity index (χ1) is 11.6. The van der Waals surface area contributed by atoms with Crippen LogP contribution in [0.2, 0.25) is 0 Å². The molecule has 25 heavy (non-hydrogen) atoms. The van der Waals surface area contributed by atoms with Gasteiger partial charge in [-0.25, -0.2) is 12.8 Å². The van der Waals surface area contributed by atoms with Gasteiger partial charge < -0.3 is 10.4 Å². The van der Waals surface area contributed by atoms with Crippen molar-refractivity contribution in [2.24, 2.45) is 11.8 Å². The molecule has 0 aromatic heterocycles. The highest BCUT2D eigenvalue weighted by molar-refractivity contribution is 7.89. The molecule has 2 atom stereocenters. The van der Waals surface area contributed by atoms with Crippen LogP contribution in [0.1, 0.15) is 34.1 Å². The van der Waals surface area contributed by atoms with Crippen molar-refractivity contribution in [3.8, 4) is 0 Å². The second-order valence-corrected chi connectivity index (χ2v) is 8.53. The molecule has 0 heterocycles. The normalized spacial score (nSPS) is 14.6. The third-order valence-corrected chi connectivity index (χ3v) is 5.13. The number of sulfonamides is 1. The van der Waals surface area contributed by atoms with Gasteiger partial charge in [-0.15, -0.1) is 0 Å². The summed E-state index contributed by atoms with van der Waals surface area (Å²) in [5.74, 6) is -1.09. The van der Waals surface area contributed by atoms with Crippen molar-refractivity contribution in [2.75, 3.05) is 6.61 Å². The van der Waals surface area contributed by atoms with Crippen molar-refractivity contribution < 1.29 is 22.7 Å². The van der Waals surface area contributed by atoms with E-state index in [2.05, 4.69) is 10.0 Å². The smallest absolute Gasteiger partial charge is 0.241 e. The summed E-state index contributed by atoms with van der Waals surface area (Å²) in [5, 5.41) is 12.1. The minimum absolute atomic E-state index is 0.117. The van der Waals surface area contributed by atoms with Gasteiger partial charge in [-0.2, -0.15) is 4.72 Å². The zero-order chi connectivity index (χ0) is 19.2. The molecule has 0 radical (unpaired) electrons. The molecule has 142 valence electrons. The molecular formula is C17H27FN2O4S. The van der Waals surface area contributed by atoms with Gasteiger partial charge in [0.2, 0.25) is 15.9 Å². The molecule has 0 aliphatic carbocycles. The molecule has 0 unspecified atom stereocenters. The first kappa shape index (κ1) is 21.5. The number of amides is 1. The van der Waals surface area contributed by atoms with E-state index in [1.165, 1.54) is 0 Å². The van der Waals surface area contributed by atoms with E-state index in [9.17, 15) is 22.7 Å². The van der Waals surface area contributed by atoms with E-state index in [4.69, 9.17) is 0 Å². The van der Waals surface area contributed by atoms with Gasteiger partial charge in [0.1, 0.15) is 11.9 Å². The van der Waals surface area contributed by atoms with E-state index >= 15 is 0 Å².